The van der Waals surface area contributed by atoms with E-state index >= 15 is 0 Å². The van der Waals surface area contributed by atoms with Crippen molar-refractivity contribution in [2.24, 2.45) is 0 Å². The van der Waals surface area contributed by atoms with Crippen molar-refractivity contribution < 1.29 is 4.79 Å². The van der Waals surface area contributed by atoms with Gasteiger partial charge in [0.25, 0.3) is 5.91 Å². The molecule has 2 aromatic heterocycles. The summed E-state index contributed by atoms with van der Waals surface area (Å²) in [5.74, 6) is 0.933. The minimum absolute atomic E-state index is 0.126. The van der Waals surface area contributed by atoms with E-state index in [0.29, 0.717) is 24.2 Å². The first-order valence-corrected chi connectivity index (χ1v) is 9.68. The molecule has 1 saturated heterocycles. The molecule has 3 heterocycles. The second kappa shape index (κ2) is 8.03. The average molecular weight is 358 g/mol. The van der Waals surface area contributed by atoms with Crippen LogP contribution in [0.3, 0.4) is 0 Å². The minimum atomic E-state index is -0.126. The van der Waals surface area contributed by atoms with Gasteiger partial charge < -0.3 is 10.2 Å². The lowest BCUT2D eigenvalue weighted by Crippen LogP contribution is -2.35. The molecule has 1 N–H and O–H groups in total. The highest BCUT2D eigenvalue weighted by Gasteiger charge is 2.23. The van der Waals surface area contributed by atoms with Crippen molar-refractivity contribution in [1.29, 1.82) is 0 Å². The Morgan fingerprint density at radius 3 is 2.62 bits per heavy atom. The van der Waals surface area contributed by atoms with Crippen LogP contribution in [-0.2, 0) is 6.54 Å². The first kappa shape index (κ1) is 18.6. The molecule has 2 aromatic rings. The van der Waals surface area contributed by atoms with Crippen LogP contribution >= 0.6 is 0 Å². The van der Waals surface area contributed by atoms with Crippen molar-refractivity contribution in [2.45, 2.75) is 59.0 Å². The van der Waals surface area contributed by atoms with Gasteiger partial charge in [0.2, 0.25) is 0 Å². The number of rotatable bonds is 6. The van der Waals surface area contributed by atoms with Gasteiger partial charge in [0.15, 0.2) is 0 Å². The van der Waals surface area contributed by atoms with Crippen molar-refractivity contribution in [3.05, 3.63) is 29.7 Å². The Morgan fingerprint density at radius 2 is 2.00 bits per heavy atom. The molecule has 142 valence electrons. The summed E-state index contributed by atoms with van der Waals surface area (Å²) in [5, 5.41) is 12.1. The zero-order valence-electron chi connectivity index (χ0n) is 16.3. The van der Waals surface area contributed by atoms with Crippen molar-refractivity contribution in [2.75, 3.05) is 25.0 Å². The smallest absolute Gasteiger partial charge is 0.275 e. The van der Waals surface area contributed by atoms with E-state index in [1.165, 1.54) is 0 Å². The van der Waals surface area contributed by atoms with E-state index in [-0.39, 0.29) is 5.91 Å². The Kier molecular flexibility index (Phi) is 5.76. The summed E-state index contributed by atoms with van der Waals surface area (Å²) in [6, 6.07) is 4.11. The Bertz CT molecular complexity index is 739. The predicted molar refractivity (Wildman–Crippen MR) is 103 cm³/mol. The fraction of sp³-hybridized carbons (Fsp3) is 0.632. The molecule has 1 fully saturated rings. The number of nitrogens with zero attached hydrogens (tertiary/aromatic N) is 5. The number of carbonyl (C=O) groups excluding carboxylic acids is 1. The van der Waals surface area contributed by atoms with E-state index in [1.807, 2.05) is 23.7 Å². The molecule has 0 saturated carbocycles. The van der Waals surface area contributed by atoms with E-state index in [2.05, 4.69) is 41.2 Å². The second-order valence-electron chi connectivity index (χ2n) is 7.21. The standard InChI is InChI=1S/C19H30N6O/c1-5-23-11-8-15(9-12-23)25-18(7-10-20-25)21-19(26)17-13-16(14(3)4)22-24(17)6-2/h7,10,13-15H,5-6,8-9,11-12H2,1-4H3,(H,21,26). The first-order valence-electron chi connectivity index (χ1n) is 9.68. The van der Waals surface area contributed by atoms with Crippen molar-refractivity contribution in [3.63, 3.8) is 0 Å². The second-order valence-corrected chi connectivity index (χ2v) is 7.21. The molecule has 0 bridgehead atoms. The number of hydrogen-bond donors (Lipinski definition) is 1. The number of nitrogens with one attached hydrogen (secondary N) is 1. The van der Waals surface area contributed by atoms with E-state index < -0.39 is 0 Å². The highest BCUT2D eigenvalue weighted by Crippen LogP contribution is 2.25. The lowest BCUT2D eigenvalue weighted by molar-refractivity contribution is 0.101. The Hall–Kier alpha value is -2.15. The van der Waals surface area contributed by atoms with Gasteiger partial charge in [-0.3, -0.25) is 9.48 Å². The third-order valence-electron chi connectivity index (χ3n) is 5.18. The third-order valence-corrected chi connectivity index (χ3v) is 5.18. The van der Waals surface area contributed by atoms with Gasteiger partial charge in [-0.1, -0.05) is 20.8 Å². The zero-order valence-corrected chi connectivity index (χ0v) is 16.3. The van der Waals surface area contributed by atoms with Gasteiger partial charge in [0.05, 0.1) is 17.9 Å². The van der Waals surface area contributed by atoms with E-state index in [1.54, 1.807) is 10.9 Å². The maximum absolute atomic E-state index is 12.8. The molecule has 3 rings (SSSR count). The van der Waals surface area contributed by atoms with Crippen LogP contribution in [0.4, 0.5) is 5.82 Å². The number of hydrogen-bond acceptors (Lipinski definition) is 4. The Labute approximate surface area is 155 Å². The maximum atomic E-state index is 12.8. The van der Waals surface area contributed by atoms with E-state index in [4.69, 9.17) is 0 Å². The maximum Gasteiger partial charge on any atom is 0.275 e. The van der Waals surface area contributed by atoms with Crippen LogP contribution in [-0.4, -0.2) is 50.0 Å². The molecule has 7 heteroatoms. The fourth-order valence-corrected chi connectivity index (χ4v) is 3.51. The molecule has 0 unspecified atom stereocenters. The molecule has 1 aliphatic heterocycles. The number of anilines is 1. The number of aromatic nitrogens is 4. The van der Waals surface area contributed by atoms with Crippen LogP contribution in [0.15, 0.2) is 18.3 Å². The molecular formula is C19H30N6O. The Balaban J connectivity index is 1.74. The number of carbonyl (C=O) groups is 1. The summed E-state index contributed by atoms with van der Waals surface area (Å²) < 4.78 is 3.74. The van der Waals surface area contributed by atoms with Crippen LogP contribution in [0.25, 0.3) is 0 Å². The third kappa shape index (κ3) is 3.82. The van der Waals surface area contributed by atoms with Gasteiger partial charge >= 0.3 is 0 Å². The summed E-state index contributed by atoms with van der Waals surface area (Å²) in [6.45, 7) is 12.3. The van der Waals surface area contributed by atoms with Gasteiger partial charge in [-0.2, -0.15) is 10.2 Å². The van der Waals surface area contributed by atoms with Gasteiger partial charge in [0.1, 0.15) is 11.5 Å². The summed E-state index contributed by atoms with van der Waals surface area (Å²) in [7, 11) is 0. The van der Waals surface area contributed by atoms with Gasteiger partial charge in [-0.15, -0.1) is 0 Å². The van der Waals surface area contributed by atoms with Crippen LogP contribution < -0.4 is 5.32 Å². The summed E-state index contributed by atoms with van der Waals surface area (Å²) >= 11 is 0. The molecule has 0 spiro atoms. The molecule has 26 heavy (non-hydrogen) atoms. The zero-order chi connectivity index (χ0) is 18.7. The lowest BCUT2D eigenvalue weighted by Gasteiger charge is -2.31. The van der Waals surface area contributed by atoms with Crippen LogP contribution in [0, 0.1) is 0 Å². The minimum Gasteiger partial charge on any atom is -0.305 e. The van der Waals surface area contributed by atoms with Gasteiger partial charge in [-0.05, 0) is 38.3 Å². The normalized spacial score (nSPS) is 16.3. The molecule has 0 atom stereocenters. The molecular weight excluding hydrogens is 328 g/mol. The number of likely N-dealkylation sites (tertiary alicyclic amines) is 1. The molecule has 7 nitrogen and oxygen atoms in total. The predicted octanol–water partition coefficient (Wildman–Crippen LogP) is 3.13. The van der Waals surface area contributed by atoms with Crippen LogP contribution in [0.1, 0.15) is 68.7 Å². The summed E-state index contributed by atoms with van der Waals surface area (Å²) in [6.07, 6.45) is 3.88. The van der Waals surface area contributed by atoms with Crippen molar-refractivity contribution in [1.82, 2.24) is 24.5 Å². The van der Waals surface area contributed by atoms with Crippen LogP contribution in [0.2, 0.25) is 0 Å². The van der Waals surface area contributed by atoms with E-state index in [9.17, 15) is 4.79 Å². The van der Waals surface area contributed by atoms with Crippen molar-refractivity contribution >= 4 is 11.7 Å². The highest BCUT2D eigenvalue weighted by atomic mass is 16.2. The van der Waals surface area contributed by atoms with E-state index in [0.717, 1.165) is 44.0 Å². The molecule has 0 radical (unpaired) electrons. The number of aryl methyl sites for hydroxylation is 1. The number of piperidine rings is 1. The Morgan fingerprint density at radius 1 is 1.27 bits per heavy atom. The molecule has 1 aliphatic rings. The summed E-state index contributed by atoms with van der Waals surface area (Å²) in [4.78, 5) is 15.3. The van der Waals surface area contributed by atoms with Gasteiger partial charge in [-0.25, -0.2) is 4.68 Å². The van der Waals surface area contributed by atoms with Gasteiger partial charge in [0, 0.05) is 25.7 Å². The SMILES string of the molecule is CCN1CCC(n2nccc2NC(=O)c2cc(C(C)C)nn2CC)CC1. The average Bonchev–Trinajstić information content (AvgIpc) is 3.28. The molecule has 1 amide bonds. The largest absolute Gasteiger partial charge is 0.305 e. The monoisotopic (exact) mass is 358 g/mol. The molecule has 0 aromatic carbocycles. The topological polar surface area (TPSA) is 68.0 Å². The summed E-state index contributed by atoms with van der Waals surface area (Å²) in [5.41, 5.74) is 1.54. The quantitative estimate of drug-likeness (QED) is 0.861. The fourth-order valence-electron chi connectivity index (χ4n) is 3.51. The highest BCUT2D eigenvalue weighted by molar-refractivity contribution is 6.02. The first-order chi connectivity index (χ1) is 12.5. The molecule has 0 aliphatic carbocycles. The number of amides is 1. The van der Waals surface area contributed by atoms with Crippen LogP contribution in [0.5, 0.6) is 0 Å². The van der Waals surface area contributed by atoms with Crippen molar-refractivity contribution in [3.8, 4) is 0 Å². The lowest BCUT2D eigenvalue weighted by atomic mass is 10.1.